The molecular weight excluding hydrogens is 369 g/mol. The minimum atomic E-state index is 0. The first-order chi connectivity index (χ1) is 10.8. The minimum Gasteiger partial charge on any atom is -0.424 e. The van der Waals surface area contributed by atoms with Crippen LogP contribution >= 0.6 is 0 Å². The second kappa shape index (κ2) is 8.96. The van der Waals surface area contributed by atoms with E-state index >= 15 is 0 Å². The topological polar surface area (TPSA) is 19.0 Å². The molecule has 1 aromatic carbocycles. The Bertz CT molecular complexity index is 618. The van der Waals surface area contributed by atoms with Crippen LogP contribution in [0.15, 0.2) is 6.20 Å². The molecule has 2 heterocycles. The second-order valence-electron chi connectivity index (χ2n) is 7.69. The summed E-state index contributed by atoms with van der Waals surface area (Å²) >= 11 is 0. The van der Waals surface area contributed by atoms with Crippen molar-refractivity contribution in [1.82, 2.24) is 9.88 Å². The molecule has 1 saturated heterocycles. The summed E-state index contributed by atoms with van der Waals surface area (Å²) in [4.78, 5) is 5.66. The third kappa shape index (κ3) is 4.93. The Balaban J connectivity index is 0.000000238. The van der Waals surface area contributed by atoms with Gasteiger partial charge in [-0.1, -0.05) is 50.5 Å². The average molecular weight is 401 g/mol. The van der Waals surface area contributed by atoms with Crippen LogP contribution in [0.2, 0.25) is 0 Å². The summed E-state index contributed by atoms with van der Waals surface area (Å²) in [6.45, 7) is 20.7. The van der Waals surface area contributed by atoms with Crippen molar-refractivity contribution in [2.45, 2.75) is 54.4 Å². The molecular formula is C21H32N2Y-2. The van der Waals surface area contributed by atoms with Gasteiger partial charge in [0.25, 0.3) is 0 Å². The van der Waals surface area contributed by atoms with Gasteiger partial charge in [0.2, 0.25) is 0 Å². The molecule has 3 heteroatoms. The van der Waals surface area contributed by atoms with Crippen LogP contribution in [-0.2, 0) is 32.7 Å². The number of fused-ring (bicyclic) bond motifs is 1. The van der Waals surface area contributed by atoms with Crippen molar-refractivity contribution in [3.8, 4) is 0 Å². The molecule has 1 N–H and O–H groups in total. The van der Waals surface area contributed by atoms with Gasteiger partial charge in [-0.05, 0) is 45.2 Å². The molecule has 0 saturated carbocycles. The van der Waals surface area contributed by atoms with E-state index < -0.39 is 0 Å². The number of piperidine rings is 1. The van der Waals surface area contributed by atoms with Crippen molar-refractivity contribution in [2.24, 2.45) is 5.41 Å². The molecule has 24 heavy (non-hydrogen) atoms. The summed E-state index contributed by atoms with van der Waals surface area (Å²) in [5.41, 5.74) is 7.30. The molecule has 1 fully saturated rings. The summed E-state index contributed by atoms with van der Waals surface area (Å²) in [6.07, 6.45) is 4.56. The van der Waals surface area contributed by atoms with Crippen molar-refractivity contribution >= 4 is 10.9 Å². The van der Waals surface area contributed by atoms with E-state index in [1.54, 1.807) is 0 Å². The number of nitrogens with zero attached hydrogens (tertiary/aromatic N) is 1. The molecule has 1 aromatic heterocycles. The number of hydrogen-bond donors (Lipinski definition) is 1. The smallest absolute Gasteiger partial charge is 0 e. The quantitative estimate of drug-likeness (QED) is 0.656. The third-order valence-corrected chi connectivity index (χ3v) is 5.65. The maximum absolute atomic E-state index is 3.88. The SMILES string of the molecule is Cc1c(C)c(C)c2[nH]c[c-]c2c1C.[CH2-]CN1CCC(C)(C)CC1.[Y]. The van der Waals surface area contributed by atoms with Crippen LogP contribution in [0, 0.1) is 46.1 Å². The Morgan fingerprint density at radius 1 is 1.04 bits per heavy atom. The van der Waals surface area contributed by atoms with E-state index in [1.807, 2.05) is 6.20 Å². The molecule has 1 radical (unpaired) electrons. The van der Waals surface area contributed by atoms with Crippen LogP contribution in [0.4, 0.5) is 0 Å². The van der Waals surface area contributed by atoms with Gasteiger partial charge < -0.3 is 16.8 Å². The predicted octanol–water partition coefficient (Wildman–Crippen LogP) is 5.14. The van der Waals surface area contributed by atoms with Crippen LogP contribution in [0.5, 0.6) is 0 Å². The zero-order valence-electron chi connectivity index (χ0n) is 16.3. The Labute approximate surface area is 173 Å². The molecule has 0 atom stereocenters. The van der Waals surface area contributed by atoms with Gasteiger partial charge in [0.1, 0.15) is 0 Å². The van der Waals surface area contributed by atoms with Crippen molar-refractivity contribution in [3.63, 3.8) is 0 Å². The normalized spacial score (nSPS) is 17.1. The Morgan fingerprint density at radius 2 is 1.58 bits per heavy atom. The molecule has 0 bridgehead atoms. The number of aryl methyl sites for hydroxylation is 2. The van der Waals surface area contributed by atoms with Gasteiger partial charge in [0.05, 0.1) is 0 Å². The maximum Gasteiger partial charge on any atom is 0 e. The van der Waals surface area contributed by atoms with Crippen molar-refractivity contribution in [1.29, 1.82) is 0 Å². The summed E-state index contributed by atoms with van der Waals surface area (Å²) in [7, 11) is 0. The molecule has 0 amide bonds. The first-order valence-electron chi connectivity index (χ1n) is 8.73. The number of hydrogen-bond acceptors (Lipinski definition) is 1. The van der Waals surface area contributed by atoms with Crippen LogP contribution < -0.4 is 0 Å². The van der Waals surface area contributed by atoms with Crippen molar-refractivity contribution < 1.29 is 32.7 Å². The van der Waals surface area contributed by atoms with Gasteiger partial charge in [-0.3, -0.25) is 0 Å². The zero-order chi connectivity index (χ0) is 17.2. The number of aromatic nitrogens is 1. The van der Waals surface area contributed by atoms with Gasteiger partial charge in [0, 0.05) is 32.7 Å². The van der Waals surface area contributed by atoms with Crippen molar-refractivity contribution in [2.75, 3.05) is 19.6 Å². The van der Waals surface area contributed by atoms with E-state index in [-0.39, 0.29) is 32.7 Å². The second-order valence-corrected chi connectivity index (χ2v) is 7.69. The Morgan fingerprint density at radius 3 is 2.12 bits per heavy atom. The number of benzene rings is 1. The van der Waals surface area contributed by atoms with Crippen molar-refractivity contribution in [3.05, 3.63) is 41.4 Å². The predicted molar refractivity (Wildman–Crippen MR) is 101 cm³/mol. The number of rotatable bonds is 1. The monoisotopic (exact) mass is 401 g/mol. The summed E-state index contributed by atoms with van der Waals surface area (Å²) in [6, 6.07) is 3.24. The fourth-order valence-electron chi connectivity index (χ4n) is 3.24. The molecule has 0 spiro atoms. The molecule has 2 nitrogen and oxygen atoms in total. The molecule has 1 aliphatic rings. The van der Waals surface area contributed by atoms with E-state index in [0.717, 1.165) is 6.54 Å². The van der Waals surface area contributed by atoms with Gasteiger partial charge in [-0.25, -0.2) is 0 Å². The van der Waals surface area contributed by atoms with Gasteiger partial charge in [-0.15, -0.1) is 17.7 Å². The average Bonchev–Trinajstić information content (AvgIpc) is 3.01. The number of H-pyrrole nitrogens is 1. The van der Waals surface area contributed by atoms with Crippen LogP contribution in [0.3, 0.4) is 0 Å². The maximum atomic E-state index is 3.88. The van der Waals surface area contributed by atoms with Crippen LogP contribution in [0.25, 0.3) is 10.9 Å². The number of nitrogens with one attached hydrogen (secondary N) is 1. The Kier molecular flexibility index (Phi) is 8.17. The van der Waals surface area contributed by atoms with Gasteiger partial charge in [-0.2, -0.15) is 11.5 Å². The summed E-state index contributed by atoms with van der Waals surface area (Å²) < 4.78 is 0. The number of likely N-dealkylation sites (tertiary alicyclic amines) is 1. The van der Waals surface area contributed by atoms with Crippen LogP contribution in [-0.4, -0.2) is 29.5 Å². The van der Waals surface area contributed by atoms with E-state index in [2.05, 4.69) is 64.4 Å². The minimum absolute atomic E-state index is 0. The molecule has 2 aromatic rings. The molecule has 1 aliphatic heterocycles. The first-order valence-corrected chi connectivity index (χ1v) is 8.73. The largest absolute Gasteiger partial charge is 0.424 e. The summed E-state index contributed by atoms with van der Waals surface area (Å²) in [5.74, 6) is 0. The van der Waals surface area contributed by atoms with Gasteiger partial charge >= 0.3 is 0 Å². The zero-order valence-corrected chi connectivity index (χ0v) is 19.2. The molecule has 0 unspecified atom stereocenters. The van der Waals surface area contributed by atoms with Crippen LogP contribution in [0.1, 0.15) is 48.9 Å². The first kappa shape index (κ1) is 21.9. The summed E-state index contributed by atoms with van der Waals surface area (Å²) in [5, 5.41) is 1.24. The van der Waals surface area contributed by atoms with E-state index in [0.29, 0.717) is 5.41 Å². The molecule has 3 rings (SSSR count). The molecule has 131 valence electrons. The standard InChI is InChI=1S/C12H14N.C9H18N.Y/c1-7-8(2)10(4)12-11(9(7)3)5-6-13-12;1-4-10-7-5-9(2,3)6-8-10;/h6,13H,1-4H3;1,4-8H2,2-3H3;/q2*-1;. The fraction of sp³-hybridized carbons (Fsp3) is 0.571. The van der Waals surface area contributed by atoms with E-state index in [1.165, 1.54) is 59.1 Å². The fourth-order valence-corrected chi connectivity index (χ4v) is 3.24. The number of aromatic amines is 1. The molecule has 0 aliphatic carbocycles. The van der Waals surface area contributed by atoms with E-state index in [4.69, 9.17) is 0 Å². The van der Waals surface area contributed by atoms with E-state index in [9.17, 15) is 0 Å². The third-order valence-electron chi connectivity index (χ3n) is 5.65. The van der Waals surface area contributed by atoms with Gasteiger partial charge in [0.15, 0.2) is 0 Å². The Hall–Kier alpha value is -0.176.